The quantitative estimate of drug-likeness (QED) is 0.695. The predicted octanol–water partition coefficient (Wildman–Crippen LogP) is 1.03. The molecule has 0 spiro atoms. The van der Waals surface area contributed by atoms with Gasteiger partial charge < -0.3 is 14.5 Å². The number of hydrogen-bond donors (Lipinski definition) is 2. The molecule has 0 aromatic carbocycles. The molecule has 1 rings (SSSR count). The number of allylic oxidation sites excluding steroid dienone is 2. The molecule has 0 aromatic rings. The van der Waals surface area contributed by atoms with Crippen LogP contribution in [0.25, 0.3) is 0 Å². The molecular weight excluding hydrogens is 221 g/mol. The summed E-state index contributed by atoms with van der Waals surface area (Å²) in [7, 11) is -4.39. The zero-order valence-corrected chi connectivity index (χ0v) is 9.00. The lowest BCUT2D eigenvalue weighted by molar-refractivity contribution is 0.119. The highest BCUT2D eigenvalue weighted by Crippen LogP contribution is 2.44. The number of carbonyl (C=O) groups is 1. The van der Waals surface area contributed by atoms with E-state index in [4.69, 9.17) is 9.79 Å². The molecule has 6 nitrogen and oxygen atoms in total. The van der Waals surface area contributed by atoms with E-state index in [1.807, 2.05) is 0 Å². The maximum Gasteiger partial charge on any atom is 0.414 e. The van der Waals surface area contributed by atoms with Crippen LogP contribution >= 0.6 is 7.60 Å². The number of nitrogens with zero attached hydrogens (tertiary/aromatic N) is 1. The maximum atomic E-state index is 11.3. The van der Waals surface area contributed by atoms with Crippen LogP contribution in [-0.2, 0) is 9.30 Å². The molecule has 15 heavy (non-hydrogen) atoms. The van der Waals surface area contributed by atoms with Gasteiger partial charge in [0.15, 0.2) is 5.78 Å². The van der Waals surface area contributed by atoms with Crippen LogP contribution < -0.4 is 0 Å². The van der Waals surface area contributed by atoms with Crippen molar-refractivity contribution in [3.8, 4) is 0 Å². The summed E-state index contributed by atoms with van der Waals surface area (Å²) in [6.07, 6.45) is 4.74. The van der Waals surface area contributed by atoms with E-state index >= 15 is 0 Å². The molecule has 0 bridgehead atoms. The zero-order chi connectivity index (χ0) is 11.5. The van der Waals surface area contributed by atoms with Crippen LogP contribution in [0.15, 0.2) is 24.4 Å². The Morgan fingerprint density at radius 1 is 1.53 bits per heavy atom. The van der Waals surface area contributed by atoms with E-state index in [0.717, 1.165) is 4.90 Å². The normalized spacial score (nSPS) is 20.5. The Hall–Kier alpha value is -1.10. The predicted molar refractivity (Wildman–Crippen MR) is 53.0 cm³/mol. The van der Waals surface area contributed by atoms with Gasteiger partial charge in [-0.2, -0.15) is 0 Å². The van der Waals surface area contributed by atoms with Gasteiger partial charge in [0.2, 0.25) is 0 Å². The van der Waals surface area contributed by atoms with Crippen LogP contribution in [0, 0.1) is 0 Å². The fourth-order valence-corrected chi connectivity index (χ4v) is 1.95. The number of amides is 1. The average Bonchev–Trinajstić information content (AvgIpc) is 2.17. The molecule has 0 aliphatic carbocycles. The summed E-state index contributed by atoms with van der Waals surface area (Å²) in [4.78, 5) is 30.2. The Labute approximate surface area is 87.0 Å². The first-order valence-electron chi connectivity index (χ1n) is 4.32. The molecule has 1 atom stereocenters. The standard InChI is InChI=1S/C8H12NO5P/c1-2-14-8(10)9-6-4-3-5-7(9)15(11,12)13/h3-7H,2H2,1H3,(H2,11,12,13). The van der Waals surface area contributed by atoms with Crippen molar-refractivity contribution in [3.05, 3.63) is 24.4 Å². The minimum Gasteiger partial charge on any atom is -0.449 e. The van der Waals surface area contributed by atoms with Crippen LogP contribution in [0.2, 0.25) is 0 Å². The molecule has 2 N–H and O–H groups in total. The molecule has 1 amide bonds. The molecule has 1 unspecified atom stereocenters. The Bertz CT molecular complexity index is 345. The van der Waals surface area contributed by atoms with Gasteiger partial charge in [-0.3, -0.25) is 9.46 Å². The summed E-state index contributed by atoms with van der Waals surface area (Å²) in [5, 5.41) is 0. The highest BCUT2D eigenvalue weighted by molar-refractivity contribution is 7.52. The van der Waals surface area contributed by atoms with Crippen molar-refractivity contribution >= 4 is 13.7 Å². The van der Waals surface area contributed by atoms with Crippen molar-refractivity contribution < 1.29 is 23.9 Å². The zero-order valence-electron chi connectivity index (χ0n) is 8.11. The van der Waals surface area contributed by atoms with E-state index in [1.54, 1.807) is 6.92 Å². The van der Waals surface area contributed by atoms with Crippen molar-refractivity contribution in [3.63, 3.8) is 0 Å². The van der Waals surface area contributed by atoms with Crippen LogP contribution in [-0.4, -0.2) is 33.2 Å². The smallest absolute Gasteiger partial charge is 0.414 e. The Balaban J connectivity index is 2.86. The fraction of sp³-hybridized carbons (Fsp3) is 0.375. The van der Waals surface area contributed by atoms with Crippen molar-refractivity contribution in [2.75, 3.05) is 6.61 Å². The SMILES string of the molecule is CCOC(=O)N1C=CC=CC1P(=O)(O)O. The van der Waals surface area contributed by atoms with Gasteiger partial charge in [0, 0.05) is 6.20 Å². The summed E-state index contributed by atoms with van der Waals surface area (Å²) in [6.45, 7) is 1.77. The number of rotatable bonds is 2. The third-order valence-electron chi connectivity index (χ3n) is 1.75. The maximum absolute atomic E-state index is 11.3. The molecule has 1 aliphatic rings. The number of carbonyl (C=O) groups excluding carboxylic acids is 1. The molecule has 0 saturated heterocycles. The Morgan fingerprint density at radius 2 is 2.20 bits per heavy atom. The minimum absolute atomic E-state index is 0.154. The molecule has 0 saturated carbocycles. The van der Waals surface area contributed by atoms with Crippen LogP contribution in [0.1, 0.15) is 6.92 Å². The lowest BCUT2D eigenvalue weighted by Crippen LogP contribution is -2.36. The lowest BCUT2D eigenvalue weighted by atomic mass is 10.3. The summed E-state index contributed by atoms with van der Waals surface area (Å²) in [6, 6.07) is 0. The van der Waals surface area contributed by atoms with Crippen LogP contribution in [0.4, 0.5) is 4.79 Å². The van der Waals surface area contributed by atoms with Gasteiger partial charge in [0.25, 0.3) is 0 Å². The second kappa shape index (κ2) is 4.61. The van der Waals surface area contributed by atoms with E-state index in [1.165, 1.54) is 24.4 Å². The van der Waals surface area contributed by atoms with E-state index in [0.29, 0.717) is 0 Å². The summed E-state index contributed by atoms with van der Waals surface area (Å²) in [5.41, 5.74) is 0. The monoisotopic (exact) mass is 233 g/mol. The second-order valence-corrected chi connectivity index (χ2v) is 4.54. The third-order valence-corrected chi connectivity index (χ3v) is 2.86. The van der Waals surface area contributed by atoms with Crippen LogP contribution in [0.3, 0.4) is 0 Å². The number of ether oxygens (including phenoxy) is 1. The van der Waals surface area contributed by atoms with Gasteiger partial charge in [-0.05, 0) is 19.1 Å². The molecule has 84 valence electrons. The Morgan fingerprint density at radius 3 is 2.73 bits per heavy atom. The fourth-order valence-electron chi connectivity index (χ4n) is 1.13. The molecule has 7 heteroatoms. The van der Waals surface area contributed by atoms with E-state index in [-0.39, 0.29) is 6.61 Å². The summed E-state index contributed by atoms with van der Waals surface area (Å²) >= 11 is 0. The van der Waals surface area contributed by atoms with Gasteiger partial charge >= 0.3 is 13.7 Å². The molecule has 1 heterocycles. The second-order valence-electron chi connectivity index (χ2n) is 2.84. The van der Waals surface area contributed by atoms with Crippen molar-refractivity contribution in [1.29, 1.82) is 0 Å². The minimum atomic E-state index is -4.39. The topological polar surface area (TPSA) is 87.1 Å². The number of hydrogen-bond acceptors (Lipinski definition) is 3. The van der Waals surface area contributed by atoms with Crippen LogP contribution in [0.5, 0.6) is 0 Å². The summed E-state index contributed by atoms with van der Waals surface area (Å²) < 4.78 is 15.7. The first-order chi connectivity index (χ1) is 6.96. The highest BCUT2D eigenvalue weighted by atomic mass is 31.2. The van der Waals surface area contributed by atoms with Gasteiger partial charge in [0.05, 0.1) is 6.61 Å². The van der Waals surface area contributed by atoms with Crippen molar-refractivity contribution in [2.24, 2.45) is 0 Å². The molecule has 1 aliphatic heterocycles. The largest absolute Gasteiger partial charge is 0.449 e. The first-order valence-corrected chi connectivity index (χ1v) is 6.00. The molecule has 0 fully saturated rings. The van der Waals surface area contributed by atoms with Gasteiger partial charge in [0.1, 0.15) is 0 Å². The molecule has 0 radical (unpaired) electrons. The van der Waals surface area contributed by atoms with E-state index in [2.05, 4.69) is 4.74 Å². The van der Waals surface area contributed by atoms with Gasteiger partial charge in [-0.25, -0.2) is 4.79 Å². The van der Waals surface area contributed by atoms with Crippen molar-refractivity contribution in [2.45, 2.75) is 12.7 Å². The summed E-state index contributed by atoms with van der Waals surface area (Å²) in [5.74, 6) is -1.28. The molecular formula is C8H12NO5P. The van der Waals surface area contributed by atoms with Gasteiger partial charge in [-0.15, -0.1) is 0 Å². The highest BCUT2D eigenvalue weighted by Gasteiger charge is 2.35. The lowest BCUT2D eigenvalue weighted by Gasteiger charge is -2.27. The third kappa shape index (κ3) is 2.92. The first kappa shape index (κ1) is 12.0. The van der Waals surface area contributed by atoms with E-state index < -0.39 is 19.5 Å². The van der Waals surface area contributed by atoms with E-state index in [9.17, 15) is 9.36 Å². The average molecular weight is 233 g/mol. The van der Waals surface area contributed by atoms with Gasteiger partial charge in [-0.1, -0.05) is 6.08 Å². The van der Waals surface area contributed by atoms with Crippen molar-refractivity contribution in [1.82, 2.24) is 4.90 Å². The Kier molecular flexibility index (Phi) is 3.68. The molecule has 0 aromatic heterocycles.